The minimum absolute atomic E-state index is 0.0835. The van der Waals surface area contributed by atoms with Crippen LogP contribution in [0, 0.1) is 0 Å². The Morgan fingerprint density at radius 3 is 2.17 bits per heavy atom. The Balaban J connectivity index is 1.28. The molecule has 0 atom stereocenters. The number of rotatable bonds is 3. The molecule has 2 aromatic heterocycles. The van der Waals surface area contributed by atoms with Gasteiger partial charge in [0, 0.05) is 21.3 Å². The molecule has 0 unspecified atom stereocenters. The van der Waals surface area contributed by atoms with Crippen LogP contribution in [0.25, 0.3) is 61.4 Å². The molecule has 0 bridgehead atoms. The number of aromatic nitrogens is 4. The molecule has 3 heterocycles. The second-order valence-electron chi connectivity index (χ2n) is 10.9. The van der Waals surface area contributed by atoms with Crippen molar-refractivity contribution in [2.24, 2.45) is 0 Å². The van der Waals surface area contributed by atoms with Crippen molar-refractivity contribution in [3.63, 3.8) is 0 Å². The molecule has 4 nitrogen and oxygen atoms in total. The van der Waals surface area contributed by atoms with E-state index in [-0.39, 0.29) is 4.75 Å². The maximum atomic E-state index is 5.10. The van der Waals surface area contributed by atoms with Gasteiger partial charge in [0.1, 0.15) is 0 Å². The minimum Gasteiger partial charge on any atom is -0.287 e. The van der Waals surface area contributed by atoms with Gasteiger partial charge in [-0.3, -0.25) is 4.57 Å². The standard InChI is InChI=1S/C36H26N4S/c1-36(2)28-20-19-25(22-32(28)40-31-18-9-8-17-30(31)38-35(40)41-36)24-13-10-14-26(21-24)34-37-29-16-7-6-15-27(29)33(39-34)23-11-4-3-5-12-23/h3-22H,1-2H3. The quantitative estimate of drug-likeness (QED) is 0.221. The van der Waals surface area contributed by atoms with Crippen molar-refractivity contribution in [1.29, 1.82) is 0 Å². The van der Waals surface area contributed by atoms with Crippen LogP contribution in [0.15, 0.2) is 126 Å². The van der Waals surface area contributed by atoms with E-state index in [9.17, 15) is 0 Å². The molecule has 0 amide bonds. The topological polar surface area (TPSA) is 43.6 Å². The van der Waals surface area contributed by atoms with Gasteiger partial charge in [-0.2, -0.15) is 0 Å². The van der Waals surface area contributed by atoms with Gasteiger partial charge in [-0.05, 0) is 60.9 Å². The van der Waals surface area contributed by atoms with Crippen molar-refractivity contribution in [3.05, 3.63) is 127 Å². The summed E-state index contributed by atoms with van der Waals surface area (Å²) in [5.74, 6) is 0.725. The summed E-state index contributed by atoms with van der Waals surface area (Å²) in [6.07, 6.45) is 0. The third-order valence-electron chi connectivity index (χ3n) is 7.87. The molecule has 0 spiro atoms. The average Bonchev–Trinajstić information content (AvgIpc) is 3.38. The van der Waals surface area contributed by atoms with Crippen LogP contribution in [0.5, 0.6) is 0 Å². The zero-order chi connectivity index (χ0) is 27.6. The number of nitrogens with zero attached hydrogens (tertiary/aromatic N) is 4. The Kier molecular flexibility index (Phi) is 5.38. The molecule has 41 heavy (non-hydrogen) atoms. The van der Waals surface area contributed by atoms with E-state index in [1.807, 2.05) is 30.0 Å². The number of fused-ring (bicyclic) bond motifs is 6. The van der Waals surface area contributed by atoms with E-state index in [2.05, 4.69) is 122 Å². The number of hydrogen-bond acceptors (Lipinski definition) is 4. The van der Waals surface area contributed by atoms with Crippen LogP contribution in [0.2, 0.25) is 0 Å². The number of benzene rings is 5. The first-order chi connectivity index (χ1) is 20.0. The molecule has 0 saturated heterocycles. The molecule has 0 radical (unpaired) electrons. The molecule has 0 saturated carbocycles. The number of para-hydroxylation sites is 3. The molecule has 8 rings (SSSR count). The number of imidazole rings is 1. The molecule has 7 aromatic rings. The molecular weight excluding hydrogens is 520 g/mol. The molecule has 0 N–H and O–H groups in total. The highest BCUT2D eigenvalue weighted by molar-refractivity contribution is 8.00. The summed E-state index contributed by atoms with van der Waals surface area (Å²) in [4.78, 5) is 15.1. The molecule has 0 aliphatic carbocycles. The van der Waals surface area contributed by atoms with Gasteiger partial charge >= 0.3 is 0 Å². The Labute approximate surface area is 242 Å². The molecule has 196 valence electrons. The SMILES string of the molecule is CC1(C)Sc2nc3ccccc3n2-c2cc(-c3cccc(-c4nc(-c5ccccc5)c5ccccc5n4)c3)ccc21. The Hall–Kier alpha value is -4.74. The summed E-state index contributed by atoms with van der Waals surface area (Å²) < 4.78 is 2.23. The van der Waals surface area contributed by atoms with Crippen molar-refractivity contribution < 1.29 is 0 Å². The monoisotopic (exact) mass is 546 g/mol. The summed E-state index contributed by atoms with van der Waals surface area (Å²) in [6.45, 7) is 4.56. The van der Waals surface area contributed by atoms with Crippen molar-refractivity contribution in [1.82, 2.24) is 19.5 Å². The maximum Gasteiger partial charge on any atom is 0.174 e. The van der Waals surface area contributed by atoms with Crippen LogP contribution in [-0.4, -0.2) is 19.5 Å². The Bertz CT molecular complexity index is 2110. The molecule has 1 aliphatic rings. The third-order valence-corrected chi connectivity index (χ3v) is 9.05. The molecule has 5 aromatic carbocycles. The van der Waals surface area contributed by atoms with Gasteiger partial charge in [-0.1, -0.05) is 103 Å². The highest BCUT2D eigenvalue weighted by Crippen LogP contribution is 2.49. The maximum absolute atomic E-state index is 5.10. The van der Waals surface area contributed by atoms with Crippen molar-refractivity contribution >= 4 is 33.7 Å². The van der Waals surface area contributed by atoms with Crippen LogP contribution >= 0.6 is 11.8 Å². The molecular formula is C36H26N4S. The summed E-state index contributed by atoms with van der Waals surface area (Å²) in [7, 11) is 0. The fourth-order valence-corrected chi connectivity index (χ4v) is 7.02. The van der Waals surface area contributed by atoms with Crippen molar-refractivity contribution in [3.8, 4) is 39.5 Å². The Morgan fingerprint density at radius 2 is 1.29 bits per heavy atom. The molecule has 1 aliphatic heterocycles. The lowest BCUT2D eigenvalue weighted by atomic mass is 9.94. The first kappa shape index (κ1) is 24.1. The highest BCUT2D eigenvalue weighted by atomic mass is 32.2. The first-order valence-electron chi connectivity index (χ1n) is 13.8. The van der Waals surface area contributed by atoms with Gasteiger partial charge in [0.2, 0.25) is 0 Å². The summed E-state index contributed by atoms with van der Waals surface area (Å²) in [5, 5.41) is 2.09. The Morgan fingerprint density at radius 1 is 0.585 bits per heavy atom. The van der Waals surface area contributed by atoms with E-state index < -0.39 is 0 Å². The minimum atomic E-state index is -0.0835. The van der Waals surface area contributed by atoms with E-state index in [1.54, 1.807) is 0 Å². The second kappa shape index (κ2) is 9.15. The average molecular weight is 547 g/mol. The van der Waals surface area contributed by atoms with Gasteiger partial charge in [-0.15, -0.1) is 0 Å². The lowest BCUT2D eigenvalue weighted by Gasteiger charge is -2.32. The van der Waals surface area contributed by atoms with Gasteiger partial charge < -0.3 is 0 Å². The normalized spacial score (nSPS) is 13.7. The lowest BCUT2D eigenvalue weighted by Crippen LogP contribution is -2.21. The van der Waals surface area contributed by atoms with Crippen LogP contribution in [0.4, 0.5) is 0 Å². The van der Waals surface area contributed by atoms with Crippen LogP contribution < -0.4 is 0 Å². The van der Waals surface area contributed by atoms with Gasteiger partial charge in [-0.25, -0.2) is 15.0 Å². The van der Waals surface area contributed by atoms with E-state index in [1.165, 1.54) is 11.3 Å². The predicted molar refractivity (Wildman–Crippen MR) is 169 cm³/mol. The van der Waals surface area contributed by atoms with E-state index in [0.29, 0.717) is 0 Å². The van der Waals surface area contributed by atoms with E-state index in [4.69, 9.17) is 15.0 Å². The summed E-state index contributed by atoms with van der Waals surface area (Å²) in [6, 6.07) is 42.4. The summed E-state index contributed by atoms with van der Waals surface area (Å²) >= 11 is 1.82. The third kappa shape index (κ3) is 3.96. The van der Waals surface area contributed by atoms with Gasteiger partial charge in [0.15, 0.2) is 11.0 Å². The van der Waals surface area contributed by atoms with E-state index >= 15 is 0 Å². The predicted octanol–water partition coefficient (Wildman–Crippen LogP) is 9.31. The molecule has 5 heteroatoms. The van der Waals surface area contributed by atoms with Gasteiger partial charge in [0.05, 0.1) is 27.9 Å². The van der Waals surface area contributed by atoms with Gasteiger partial charge in [0.25, 0.3) is 0 Å². The second-order valence-corrected chi connectivity index (χ2v) is 12.5. The first-order valence-corrected chi connectivity index (χ1v) is 14.6. The fourth-order valence-electron chi connectivity index (χ4n) is 5.85. The highest BCUT2D eigenvalue weighted by Gasteiger charge is 2.34. The summed E-state index contributed by atoms with van der Waals surface area (Å²) in [5.41, 5.74) is 10.9. The zero-order valence-electron chi connectivity index (χ0n) is 22.7. The van der Waals surface area contributed by atoms with Crippen LogP contribution in [-0.2, 0) is 4.75 Å². The fraction of sp³-hybridized carbons (Fsp3) is 0.0833. The smallest absolute Gasteiger partial charge is 0.174 e. The largest absolute Gasteiger partial charge is 0.287 e. The zero-order valence-corrected chi connectivity index (χ0v) is 23.6. The van der Waals surface area contributed by atoms with Crippen LogP contribution in [0.1, 0.15) is 19.4 Å². The van der Waals surface area contributed by atoms with Crippen molar-refractivity contribution in [2.45, 2.75) is 23.8 Å². The number of thioether (sulfide) groups is 1. The lowest BCUT2D eigenvalue weighted by molar-refractivity contribution is 0.729. The molecule has 0 fully saturated rings. The van der Waals surface area contributed by atoms with Crippen LogP contribution in [0.3, 0.4) is 0 Å². The number of hydrogen-bond donors (Lipinski definition) is 0. The van der Waals surface area contributed by atoms with Crippen molar-refractivity contribution in [2.75, 3.05) is 0 Å². The van der Waals surface area contributed by atoms with E-state index in [0.717, 1.165) is 60.9 Å².